The van der Waals surface area contributed by atoms with Gasteiger partial charge in [0.2, 0.25) is 5.91 Å². The van der Waals surface area contributed by atoms with Crippen molar-refractivity contribution in [3.05, 3.63) is 78.5 Å². The van der Waals surface area contributed by atoms with Gasteiger partial charge in [0.1, 0.15) is 11.5 Å². The maximum absolute atomic E-state index is 12.2. The minimum atomic E-state index is -0.0197. The first kappa shape index (κ1) is 18.6. The highest BCUT2D eigenvalue weighted by Crippen LogP contribution is 2.28. The van der Waals surface area contributed by atoms with Crippen molar-refractivity contribution in [3.63, 3.8) is 0 Å². The Kier molecular flexibility index (Phi) is 5.47. The van der Waals surface area contributed by atoms with Crippen LogP contribution in [0.3, 0.4) is 0 Å². The van der Waals surface area contributed by atoms with Gasteiger partial charge < -0.3 is 10.6 Å². The molecule has 0 aliphatic rings. The van der Waals surface area contributed by atoms with Crippen molar-refractivity contribution >= 4 is 17.4 Å². The molecule has 0 atom stereocenters. The Morgan fingerprint density at radius 2 is 1.90 bits per heavy atom. The van der Waals surface area contributed by atoms with Crippen molar-refractivity contribution in [1.29, 1.82) is 0 Å². The molecule has 0 fully saturated rings. The summed E-state index contributed by atoms with van der Waals surface area (Å²) in [5.74, 6) is 0.833. The third-order valence-electron chi connectivity index (χ3n) is 4.61. The number of pyridine rings is 1. The van der Waals surface area contributed by atoms with Crippen LogP contribution in [0.25, 0.3) is 16.9 Å². The Morgan fingerprint density at radius 3 is 2.69 bits per heavy atom. The highest BCUT2D eigenvalue weighted by molar-refractivity contribution is 5.78. The van der Waals surface area contributed by atoms with E-state index in [1.165, 1.54) is 5.56 Å². The first-order valence-electron chi connectivity index (χ1n) is 9.49. The number of carbonyl (C=O) groups is 1. The van der Waals surface area contributed by atoms with Gasteiger partial charge in [0.25, 0.3) is 0 Å². The number of carbonyl (C=O) groups excluding carboxylic acids is 1. The van der Waals surface area contributed by atoms with E-state index in [-0.39, 0.29) is 5.91 Å². The molecule has 0 saturated carbocycles. The standard InChI is InChI=1S/C22H22N6O/c1-16-4-6-18(7-5-16)21-22(28-12-11-24-15-19(28)27-21)25-10-8-20(29)26-14-17-3-2-9-23-13-17/h2-7,9,11-13,15,25H,8,10,14H2,1H3,(H,26,29). The van der Waals surface area contributed by atoms with Crippen LogP contribution in [0.15, 0.2) is 67.4 Å². The lowest BCUT2D eigenvalue weighted by Crippen LogP contribution is -2.25. The zero-order chi connectivity index (χ0) is 20.1. The van der Waals surface area contributed by atoms with Crippen molar-refractivity contribution in [1.82, 2.24) is 24.7 Å². The summed E-state index contributed by atoms with van der Waals surface area (Å²) in [6, 6.07) is 12.0. The maximum Gasteiger partial charge on any atom is 0.222 e. The Balaban J connectivity index is 1.45. The molecule has 4 rings (SSSR count). The highest BCUT2D eigenvalue weighted by Gasteiger charge is 2.14. The van der Waals surface area contributed by atoms with E-state index in [1.807, 2.05) is 22.7 Å². The topological polar surface area (TPSA) is 84.2 Å². The summed E-state index contributed by atoms with van der Waals surface area (Å²) in [5, 5.41) is 6.30. The van der Waals surface area contributed by atoms with Crippen molar-refractivity contribution in [3.8, 4) is 11.3 Å². The smallest absolute Gasteiger partial charge is 0.222 e. The maximum atomic E-state index is 12.2. The molecule has 4 aromatic rings. The lowest BCUT2D eigenvalue weighted by Gasteiger charge is -2.09. The number of fused-ring (bicyclic) bond motifs is 1. The van der Waals surface area contributed by atoms with Crippen LogP contribution >= 0.6 is 0 Å². The normalized spacial score (nSPS) is 10.8. The average Bonchev–Trinajstić information content (AvgIpc) is 3.12. The monoisotopic (exact) mass is 386 g/mol. The molecule has 3 heterocycles. The van der Waals surface area contributed by atoms with Gasteiger partial charge in [-0.05, 0) is 18.6 Å². The second-order valence-electron chi connectivity index (χ2n) is 6.79. The van der Waals surface area contributed by atoms with Gasteiger partial charge in [-0.15, -0.1) is 0 Å². The van der Waals surface area contributed by atoms with E-state index in [2.05, 4.69) is 51.8 Å². The van der Waals surface area contributed by atoms with E-state index in [9.17, 15) is 4.79 Å². The number of aromatic nitrogens is 4. The van der Waals surface area contributed by atoms with Gasteiger partial charge in [-0.1, -0.05) is 35.9 Å². The molecule has 0 radical (unpaired) electrons. The first-order valence-corrected chi connectivity index (χ1v) is 9.49. The summed E-state index contributed by atoms with van der Waals surface area (Å²) < 4.78 is 1.95. The van der Waals surface area contributed by atoms with Crippen LogP contribution in [0.1, 0.15) is 17.5 Å². The third-order valence-corrected chi connectivity index (χ3v) is 4.61. The molecule has 29 heavy (non-hydrogen) atoms. The molecule has 0 bridgehead atoms. The minimum Gasteiger partial charge on any atom is -0.369 e. The number of hydrogen-bond donors (Lipinski definition) is 2. The van der Waals surface area contributed by atoms with Gasteiger partial charge in [-0.25, -0.2) is 4.98 Å². The molecule has 146 valence electrons. The number of amides is 1. The predicted molar refractivity (Wildman–Crippen MR) is 112 cm³/mol. The van der Waals surface area contributed by atoms with Crippen molar-refractivity contribution in [2.24, 2.45) is 0 Å². The van der Waals surface area contributed by atoms with Gasteiger partial charge in [0.05, 0.1) is 6.20 Å². The molecule has 0 unspecified atom stereocenters. The van der Waals surface area contributed by atoms with E-state index in [4.69, 9.17) is 4.98 Å². The van der Waals surface area contributed by atoms with Gasteiger partial charge in [-0.3, -0.25) is 19.2 Å². The second-order valence-corrected chi connectivity index (χ2v) is 6.79. The molecule has 7 nitrogen and oxygen atoms in total. The average molecular weight is 386 g/mol. The summed E-state index contributed by atoms with van der Waals surface area (Å²) in [6.07, 6.45) is 9.13. The molecular formula is C22H22N6O. The summed E-state index contributed by atoms with van der Waals surface area (Å²) in [5.41, 5.74) is 4.78. The number of imidazole rings is 1. The molecule has 1 amide bonds. The zero-order valence-corrected chi connectivity index (χ0v) is 16.2. The van der Waals surface area contributed by atoms with E-state index < -0.39 is 0 Å². The number of nitrogens with zero attached hydrogens (tertiary/aromatic N) is 4. The van der Waals surface area contributed by atoms with Gasteiger partial charge in [-0.2, -0.15) is 0 Å². The summed E-state index contributed by atoms with van der Waals surface area (Å²) >= 11 is 0. The van der Waals surface area contributed by atoms with Crippen LogP contribution in [0.4, 0.5) is 5.82 Å². The van der Waals surface area contributed by atoms with Crippen LogP contribution in [0.2, 0.25) is 0 Å². The fourth-order valence-corrected chi connectivity index (χ4v) is 3.07. The molecular weight excluding hydrogens is 364 g/mol. The van der Waals surface area contributed by atoms with E-state index in [0.717, 1.165) is 28.3 Å². The Bertz CT molecular complexity index is 1110. The number of anilines is 1. The van der Waals surface area contributed by atoms with Gasteiger partial charge in [0, 0.05) is 49.9 Å². The molecule has 0 aliphatic carbocycles. The van der Waals surface area contributed by atoms with Crippen molar-refractivity contribution < 1.29 is 4.79 Å². The van der Waals surface area contributed by atoms with Crippen LogP contribution < -0.4 is 10.6 Å². The van der Waals surface area contributed by atoms with Crippen LogP contribution in [0.5, 0.6) is 0 Å². The number of aryl methyl sites for hydroxylation is 1. The largest absolute Gasteiger partial charge is 0.369 e. The van der Waals surface area contributed by atoms with Crippen molar-refractivity contribution in [2.75, 3.05) is 11.9 Å². The number of hydrogen-bond acceptors (Lipinski definition) is 5. The summed E-state index contributed by atoms with van der Waals surface area (Å²) in [7, 11) is 0. The van der Waals surface area contributed by atoms with Crippen LogP contribution in [-0.2, 0) is 11.3 Å². The SMILES string of the molecule is Cc1ccc(-c2nc3cnccn3c2NCCC(=O)NCc2cccnc2)cc1. The first-order chi connectivity index (χ1) is 14.2. The lowest BCUT2D eigenvalue weighted by atomic mass is 10.1. The van der Waals surface area contributed by atoms with Crippen LogP contribution in [-0.4, -0.2) is 31.8 Å². The lowest BCUT2D eigenvalue weighted by molar-refractivity contribution is -0.121. The molecule has 0 aliphatic heterocycles. The zero-order valence-electron chi connectivity index (χ0n) is 16.2. The molecule has 3 aromatic heterocycles. The van der Waals surface area contributed by atoms with Gasteiger partial charge >= 0.3 is 0 Å². The van der Waals surface area contributed by atoms with Gasteiger partial charge in [0.15, 0.2) is 5.65 Å². The third kappa shape index (κ3) is 4.40. The number of nitrogens with one attached hydrogen (secondary N) is 2. The molecule has 0 spiro atoms. The number of rotatable bonds is 7. The Morgan fingerprint density at radius 1 is 1.07 bits per heavy atom. The van der Waals surface area contributed by atoms with E-state index in [0.29, 0.717) is 19.5 Å². The summed E-state index contributed by atoms with van der Waals surface area (Å²) in [4.78, 5) is 25.1. The second kappa shape index (κ2) is 8.52. The fourth-order valence-electron chi connectivity index (χ4n) is 3.07. The van der Waals surface area contributed by atoms with Crippen molar-refractivity contribution in [2.45, 2.75) is 19.9 Å². The highest BCUT2D eigenvalue weighted by atomic mass is 16.1. The molecule has 0 saturated heterocycles. The van der Waals surface area contributed by atoms with Crippen LogP contribution in [0, 0.1) is 6.92 Å². The van der Waals surface area contributed by atoms with E-state index >= 15 is 0 Å². The fraction of sp³-hybridized carbons (Fsp3) is 0.182. The molecule has 7 heteroatoms. The Labute approximate surface area is 168 Å². The summed E-state index contributed by atoms with van der Waals surface area (Å²) in [6.45, 7) is 3.02. The predicted octanol–water partition coefficient (Wildman–Crippen LogP) is 3.22. The molecule has 2 N–H and O–H groups in total. The molecule has 1 aromatic carbocycles. The quantitative estimate of drug-likeness (QED) is 0.509. The van der Waals surface area contributed by atoms with E-state index in [1.54, 1.807) is 24.8 Å². The Hall–Kier alpha value is -3.74. The minimum absolute atomic E-state index is 0.0197. The number of benzene rings is 1.